The lowest BCUT2D eigenvalue weighted by Gasteiger charge is -2.31. The van der Waals surface area contributed by atoms with Gasteiger partial charge in [-0.1, -0.05) is 40.5 Å². The van der Waals surface area contributed by atoms with Crippen LogP contribution in [0.15, 0.2) is 22.7 Å². The van der Waals surface area contributed by atoms with Gasteiger partial charge in [-0.3, -0.25) is 4.90 Å². The van der Waals surface area contributed by atoms with Crippen molar-refractivity contribution >= 4 is 23.2 Å². The summed E-state index contributed by atoms with van der Waals surface area (Å²) in [6.45, 7) is 4.80. The van der Waals surface area contributed by atoms with Crippen LogP contribution in [0.5, 0.6) is 0 Å². The normalized spacial score (nSPS) is 17.0. The first-order valence-electron chi connectivity index (χ1n) is 7.56. The first kappa shape index (κ1) is 15.8. The molecule has 0 amide bonds. The van der Waals surface area contributed by atoms with E-state index in [1.54, 1.807) is 0 Å². The summed E-state index contributed by atoms with van der Waals surface area (Å²) in [4.78, 5) is 6.72. The van der Waals surface area contributed by atoms with Crippen LogP contribution in [0.25, 0.3) is 0 Å². The van der Waals surface area contributed by atoms with E-state index in [0.29, 0.717) is 21.9 Å². The van der Waals surface area contributed by atoms with E-state index >= 15 is 0 Å². The van der Waals surface area contributed by atoms with Crippen LogP contribution in [0, 0.1) is 12.8 Å². The Labute approximate surface area is 140 Å². The number of aryl methyl sites for hydroxylation is 1. The molecule has 3 rings (SSSR count). The van der Waals surface area contributed by atoms with E-state index in [2.05, 4.69) is 15.0 Å². The molecule has 0 radical (unpaired) electrons. The lowest BCUT2D eigenvalue weighted by atomic mass is 9.93. The molecule has 0 atom stereocenters. The molecule has 2 heterocycles. The first-order chi connectivity index (χ1) is 10.6. The predicted octanol–water partition coefficient (Wildman–Crippen LogP) is 4.14. The molecule has 118 valence electrons. The van der Waals surface area contributed by atoms with Gasteiger partial charge in [-0.05, 0) is 43.5 Å². The summed E-state index contributed by atoms with van der Waals surface area (Å²) < 4.78 is 5.03. The predicted molar refractivity (Wildman–Crippen MR) is 87.2 cm³/mol. The lowest BCUT2D eigenvalue weighted by Crippen LogP contribution is -2.34. The number of rotatable bonds is 4. The van der Waals surface area contributed by atoms with Gasteiger partial charge in [0.05, 0.1) is 10.0 Å². The molecule has 4 nitrogen and oxygen atoms in total. The highest BCUT2D eigenvalue weighted by molar-refractivity contribution is 6.42. The summed E-state index contributed by atoms with van der Waals surface area (Å²) in [7, 11) is 0. The van der Waals surface area contributed by atoms with Gasteiger partial charge in [-0.15, -0.1) is 0 Å². The van der Waals surface area contributed by atoms with Gasteiger partial charge >= 0.3 is 0 Å². The van der Waals surface area contributed by atoms with Gasteiger partial charge in [0, 0.05) is 19.9 Å². The third-order valence-electron chi connectivity index (χ3n) is 4.17. The zero-order valence-electron chi connectivity index (χ0n) is 12.6. The maximum atomic E-state index is 6.27. The number of likely N-dealkylation sites (tertiary alicyclic amines) is 1. The molecule has 0 N–H and O–H groups in total. The van der Waals surface area contributed by atoms with Gasteiger partial charge in [-0.25, -0.2) is 0 Å². The van der Waals surface area contributed by atoms with Gasteiger partial charge in [-0.2, -0.15) is 4.98 Å². The second kappa shape index (κ2) is 6.99. The Morgan fingerprint density at radius 3 is 2.73 bits per heavy atom. The second-order valence-electron chi connectivity index (χ2n) is 5.87. The topological polar surface area (TPSA) is 42.2 Å². The van der Waals surface area contributed by atoms with Gasteiger partial charge in [0.2, 0.25) is 5.89 Å². The summed E-state index contributed by atoms with van der Waals surface area (Å²) in [6.07, 6.45) is 3.20. The molecule has 1 aliphatic rings. The molecule has 0 spiro atoms. The standard InChI is InChI=1S/C16H19Cl2N3O/c1-11-19-15(20-22-11)9-12-5-7-21(8-6-12)10-13-3-2-4-14(17)16(13)18/h2-4,12H,5-10H2,1H3. The van der Waals surface area contributed by atoms with Crippen molar-refractivity contribution in [2.45, 2.75) is 32.7 Å². The van der Waals surface area contributed by atoms with Crippen molar-refractivity contribution in [1.29, 1.82) is 0 Å². The third-order valence-corrected chi connectivity index (χ3v) is 5.03. The van der Waals surface area contributed by atoms with Gasteiger partial charge in [0.25, 0.3) is 0 Å². The van der Waals surface area contributed by atoms with Crippen molar-refractivity contribution in [1.82, 2.24) is 15.0 Å². The smallest absolute Gasteiger partial charge is 0.223 e. The largest absolute Gasteiger partial charge is 0.340 e. The molecule has 2 aromatic rings. The summed E-state index contributed by atoms with van der Waals surface area (Å²) in [6, 6.07) is 5.82. The Morgan fingerprint density at radius 2 is 2.05 bits per heavy atom. The fourth-order valence-electron chi connectivity index (χ4n) is 2.94. The molecule has 0 unspecified atom stereocenters. The minimum Gasteiger partial charge on any atom is -0.340 e. The van der Waals surface area contributed by atoms with Crippen LogP contribution in [0.4, 0.5) is 0 Å². The number of halogens is 2. The van der Waals surface area contributed by atoms with E-state index in [0.717, 1.165) is 50.3 Å². The maximum Gasteiger partial charge on any atom is 0.223 e. The van der Waals surface area contributed by atoms with Crippen LogP contribution >= 0.6 is 23.2 Å². The van der Waals surface area contributed by atoms with Crippen molar-refractivity contribution < 1.29 is 4.52 Å². The maximum absolute atomic E-state index is 6.27. The Kier molecular flexibility index (Phi) is 5.01. The summed E-state index contributed by atoms with van der Waals surface area (Å²) in [5.41, 5.74) is 1.10. The van der Waals surface area contributed by atoms with E-state index in [9.17, 15) is 0 Å². The number of hydrogen-bond donors (Lipinski definition) is 0. The van der Waals surface area contributed by atoms with Crippen molar-refractivity contribution in [2.24, 2.45) is 5.92 Å². The molecular formula is C16H19Cl2N3O. The highest BCUT2D eigenvalue weighted by Gasteiger charge is 2.22. The molecule has 1 aromatic heterocycles. The number of benzene rings is 1. The summed E-state index contributed by atoms with van der Waals surface area (Å²) >= 11 is 12.3. The molecule has 0 saturated carbocycles. The minimum atomic E-state index is 0.626. The molecular weight excluding hydrogens is 321 g/mol. The molecule has 1 aromatic carbocycles. The summed E-state index contributed by atoms with van der Waals surface area (Å²) in [5.74, 6) is 2.10. The third kappa shape index (κ3) is 3.80. The van der Waals surface area contributed by atoms with Crippen LogP contribution in [0.2, 0.25) is 10.0 Å². The molecule has 0 bridgehead atoms. The Hall–Kier alpha value is -1.10. The zero-order chi connectivity index (χ0) is 15.5. The van der Waals surface area contributed by atoms with Crippen molar-refractivity contribution in [3.8, 4) is 0 Å². The molecule has 6 heteroatoms. The Morgan fingerprint density at radius 1 is 1.27 bits per heavy atom. The number of nitrogens with zero attached hydrogens (tertiary/aromatic N) is 3. The molecule has 1 fully saturated rings. The number of piperidine rings is 1. The minimum absolute atomic E-state index is 0.626. The lowest BCUT2D eigenvalue weighted by molar-refractivity contribution is 0.175. The van der Waals surface area contributed by atoms with Gasteiger partial charge < -0.3 is 4.52 Å². The van der Waals surface area contributed by atoms with E-state index in [-0.39, 0.29) is 0 Å². The highest BCUT2D eigenvalue weighted by atomic mass is 35.5. The van der Waals surface area contributed by atoms with Crippen molar-refractivity contribution in [2.75, 3.05) is 13.1 Å². The van der Waals surface area contributed by atoms with E-state index < -0.39 is 0 Å². The quantitative estimate of drug-likeness (QED) is 0.839. The van der Waals surface area contributed by atoms with Crippen LogP contribution in [-0.4, -0.2) is 28.1 Å². The fraction of sp³-hybridized carbons (Fsp3) is 0.500. The van der Waals surface area contributed by atoms with Crippen molar-refractivity contribution in [3.63, 3.8) is 0 Å². The van der Waals surface area contributed by atoms with Crippen LogP contribution < -0.4 is 0 Å². The molecule has 1 saturated heterocycles. The van der Waals surface area contributed by atoms with Crippen molar-refractivity contribution in [3.05, 3.63) is 45.5 Å². The van der Waals surface area contributed by atoms with Crippen LogP contribution in [-0.2, 0) is 13.0 Å². The first-order valence-corrected chi connectivity index (χ1v) is 8.32. The Bertz CT molecular complexity index is 636. The van der Waals surface area contributed by atoms with E-state index in [4.69, 9.17) is 27.7 Å². The van der Waals surface area contributed by atoms with Crippen LogP contribution in [0.1, 0.15) is 30.1 Å². The number of hydrogen-bond acceptors (Lipinski definition) is 4. The molecule has 1 aliphatic heterocycles. The highest BCUT2D eigenvalue weighted by Crippen LogP contribution is 2.28. The second-order valence-corrected chi connectivity index (χ2v) is 6.65. The summed E-state index contributed by atoms with van der Waals surface area (Å²) in [5, 5.41) is 5.29. The Balaban J connectivity index is 1.52. The number of aromatic nitrogens is 2. The SMILES string of the molecule is Cc1nc(CC2CCN(Cc3cccc(Cl)c3Cl)CC2)no1. The van der Waals surface area contributed by atoms with E-state index in [1.807, 2.05) is 25.1 Å². The average Bonchev–Trinajstić information content (AvgIpc) is 2.91. The monoisotopic (exact) mass is 339 g/mol. The fourth-order valence-corrected chi connectivity index (χ4v) is 3.32. The van der Waals surface area contributed by atoms with E-state index in [1.165, 1.54) is 0 Å². The van der Waals surface area contributed by atoms with Gasteiger partial charge in [0.15, 0.2) is 5.82 Å². The van der Waals surface area contributed by atoms with Gasteiger partial charge in [0.1, 0.15) is 0 Å². The zero-order valence-corrected chi connectivity index (χ0v) is 14.1. The molecule has 0 aliphatic carbocycles. The molecule has 22 heavy (non-hydrogen) atoms. The van der Waals surface area contributed by atoms with Crippen LogP contribution in [0.3, 0.4) is 0 Å². The average molecular weight is 340 g/mol.